The predicted molar refractivity (Wildman–Crippen MR) is 76.5 cm³/mol. The molecule has 0 saturated carbocycles. The smallest absolute Gasteiger partial charge is 0.339 e. The number of amides is 1. The van der Waals surface area contributed by atoms with Crippen molar-refractivity contribution in [2.75, 3.05) is 5.75 Å². The van der Waals surface area contributed by atoms with E-state index in [1.807, 2.05) is 0 Å². The summed E-state index contributed by atoms with van der Waals surface area (Å²) in [6.07, 6.45) is 2.03. The fourth-order valence-corrected chi connectivity index (χ4v) is 2.39. The summed E-state index contributed by atoms with van der Waals surface area (Å²) >= 11 is 1.35. The highest BCUT2D eigenvalue weighted by atomic mass is 32.2. The molecule has 1 atom stereocenters. The molecule has 1 unspecified atom stereocenters. The van der Waals surface area contributed by atoms with Crippen molar-refractivity contribution in [2.24, 2.45) is 18.5 Å². The molecular weight excluding hydrogens is 282 g/mol. The lowest BCUT2D eigenvalue weighted by Crippen LogP contribution is -2.49. The molecule has 0 aliphatic rings. The SMILES string of the molecule is Cn1[nH]c(=O)c(=O)nc1SCCCCC(C)(N)C(N)=O. The van der Waals surface area contributed by atoms with Gasteiger partial charge in [0.05, 0.1) is 5.54 Å². The number of unbranched alkanes of at least 4 members (excludes halogenated alkanes) is 1. The molecule has 1 aromatic rings. The Bertz CT molecular complexity index is 592. The average molecular weight is 301 g/mol. The first-order valence-corrected chi connectivity index (χ1v) is 7.11. The Labute approximate surface area is 119 Å². The minimum Gasteiger partial charge on any atom is -0.368 e. The van der Waals surface area contributed by atoms with Gasteiger partial charge in [-0.05, 0) is 19.8 Å². The highest BCUT2D eigenvalue weighted by Gasteiger charge is 2.24. The third-order valence-electron chi connectivity index (χ3n) is 2.83. The average Bonchev–Trinajstić information content (AvgIpc) is 2.34. The molecule has 1 rings (SSSR count). The van der Waals surface area contributed by atoms with Crippen molar-refractivity contribution < 1.29 is 4.79 Å². The van der Waals surface area contributed by atoms with E-state index in [4.69, 9.17) is 11.5 Å². The summed E-state index contributed by atoms with van der Waals surface area (Å²) in [7, 11) is 1.61. The molecular formula is C11H19N5O3S. The fourth-order valence-electron chi connectivity index (χ4n) is 1.47. The van der Waals surface area contributed by atoms with Gasteiger partial charge in [0.25, 0.3) is 0 Å². The van der Waals surface area contributed by atoms with Crippen LogP contribution in [-0.4, -0.2) is 32.0 Å². The van der Waals surface area contributed by atoms with Crippen LogP contribution in [-0.2, 0) is 11.8 Å². The van der Waals surface area contributed by atoms with E-state index >= 15 is 0 Å². The third kappa shape index (κ3) is 4.49. The van der Waals surface area contributed by atoms with Crippen LogP contribution in [0.4, 0.5) is 0 Å². The van der Waals surface area contributed by atoms with Gasteiger partial charge in [0.2, 0.25) is 5.91 Å². The van der Waals surface area contributed by atoms with E-state index < -0.39 is 22.6 Å². The van der Waals surface area contributed by atoms with Gasteiger partial charge in [0.15, 0.2) is 5.16 Å². The summed E-state index contributed by atoms with van der Waals surface area (Å²) in [6.45, 7) is 1.61. The topological polar surface area (TPSA) is 137 Å². The molecule has 0 fully saturated rings. The van der Waals surface area contributed by atoms with E-state index in [1.54, 1.807) is 14.0 Å². The zero-order valence-corrected chi connectivity index (χ0v) is 12.3. The van der Waals surface area contributed by atoms with Crippen LogP contribution in [0.2, 0.25) is 0 Å². The largest absolute Gasteiger partial charge is 0.368 e. The zero-order chi connectivity index (χ0) is 15.3. The number of nitrogens with two attached hydrogens (primary N) is 2. The van der Waals surface area contributed by atoms with Gasteiger partial charge >= 0.3 is 11.1 Å². The number of aryl methyl sites for hydroxylation is 1. The fraction of sp³-hybridized carbons (Fsp3) is 0.636. The van der Waals surface area contributed by atoms with Crippen LogP contribution in [0.15, 0.2) is 14.7 Å². The molecule has 0 aromatic carbocycles. The number of hydrogen-bond acceptors (Lipinski definition) is 6. The number of rotatable bonds is 7. The summed E-state index contributed by atoms with van der Waals surface area (Å²) in [4.78, 5) is 36.9. The monoisotopic (exact) mass is 301 g/mol. The van der Waals surface area contributed by atoms with Gasteiger partial charge in [-0.2, -0.15) is 4.98 Å². The van der Waals surface area contributed by atoms with Crippen molar-refractivity contribution in [3.8, 4) is 0 Å². The Hall–Kier alpha value is -1.61. The molecule has 1 heterocycles. The summed E-state index contributed by atoms with van der Waals surface area (Å²) in [5, 5.41) is 2.82. The van der Waals surface area contributed by atoms with Crippen molar-refractivity contribution in [1.82, 2.24) is 14.8 Å². The maximum atomic E-state index is 11.1. The van der Waals surface area contributed by atoms with E-state index in [0.29, 0.717) is 17.3 Å². The molecule has 0 saturated heterocycles. The van der Waals surface area contributed by atoms with Gasteiger partial charge in [-0.25, -0.2) is 0 Å². The molecule has 0 aliphatic heterocycles. The Morgan fingerprint density at radius 2 is 2.10 bits per heavy atom. The van der Waals surface area contributed by atoms with Crippen LogP contribution in [0, 0.1) is 0 Å². The molecule has 8 nitrogen and oxygen atoms in total. The number of H-pyrrole nitrogens is 1. The van der Waals surface area contributed by atoms with Gasteiger partial charge in [0.1, 0.15) is 0 Å². The molecule has 0 aliphatic carbocycles. The van der Waals surface area contributed by atoms with Gasteiger partial charge < -0.3 is 11.5 Å². The van der Waals surface area contributed by atoms with Crippen molar-refractivity contribution in [3.63, 3.8) is 0 Å². The third-order valence-corrected chi connectivity index (χ3v) is 3.95. The highest BCUT2D eigenvalue weighted by molar-refractivity contribution is 7.99. The van der Waals surface area contributed by atoms with Gasteiger partial charge in [-0.15, -0.1) is 0 Å². The molecule has 0 bridgehead atoms. The number of aromatic nitrogens is 3. The van der Waals surface area contributed by atoms with E-state index in [-0.39, 0.29) is 0 Å². The second-order valence-corrected chi connectivity index (χ2v) is 5.85. The number of hydrogen-bond donors (Lipinski definition) is 3. The van der Waals surface area contributed by atoms with Crippen molar-refractivity contribution in [3.05, 3.63) is 20.7 Å². The Morgan fingerprint density at radius 3 is 2.70 bits per heavy atom. The minimum absolute atomic E-state index is 0.444. The first-order valence-electron chi connectivity index (χ1n) is 6.13. The molecule has 5 N–H and O–H groups in total. The number of aromatic amines is 1. The van der Waals surface area contributed by atoms with E-state index in [9.17, 15) is 14.4 Å². The van der Waals surface area contributed by atoms with Crippen molar-refractivity contribution >= 4 is 17.7 Å². The van der Waals surface area contributed by atoms with Gasteiger partial charge in [0, 0.05) is 12.8 Å². The Morgan fingerprint density at radius 1 is 1.45 bits per heavy atom. The Balaban J connectivity index is 2.43. The van der Waals surface area contributed by atoms with Crippen LogP contribution in [0.1, 0.15) is 26.2 Å². The van der Waals surface area contributed by atoms with E-state index in [0.717, 1.165) is 12.8 Å². The van der Waals surface area contributed by atoms with Gasteiger partial charge in [-0.1, -0.05) is 18.2 Å². The van der Waals surface area contributed by atoms with Crippen molar-refractivity contribution in [2.45, 2.75) is 36.9 Å². The second-order valence-electron chi connectivity index (χ2n) is 4.79. The summed E-state index contributed by atoms with van der Waals surface area (Å²) in [5.74, 6) is 0.177. The van der Waals surface area contributed by atoms with Crippen LogP contribution >= 0.6 is 11.8 Å². The van der Waals surface area contributed by atoms with E-state index in [2.05, 4.69) is 10.1 Å². The van der Waals surface area contributed by atoms with Gasteiger partial charge in [-0.3, -0.25) is 24.2 Å². The molecule has 20 heavy (non-hydrogen) atoms. The van der Waals surface area contributed by atoms with Crippen LogP contribution < -0.4 is 22.6 Å². The molecule has 0 radical (unpaired) electrons. The molecule has 1 amide bonds. The molecule has 9 heteroatoms. The first-order chi connectivity index (χ1) is 9.24. The lowest BCUT2D eigenvalue weighted by atomic mass is 9.96. The number of primary amides is 1. The highest BCUT2D eigenvalue weighted by Crippen LogP contribution is 2.16. The quantitative estimate of drug-likeness (QED) is 0.333. The maximum Gasteiger partial charge on any atom is 0.339 e. The first kappa shape index (κ1) is 16.4. The second kappa shape index (κ2) is 6.71. The van der Waals surface area contributed by atoms with Crippen LogP contribution in [0.25, 0.3) is 0 Å². The molecule has 112 valence electrons. The number of thioether (sulfide) groups is 1. The summed E-state index contributed by atoms with van der Waals surface area (Å²) < 4.78 is 1.41. The number of carbonyl (C=O) groups excluding carboxylic acids is 1. The van der Waals surface area contributed by atoms with Crippen molar-refractivity contribution in [1.29, 1.82) is 0 Å². The standard InChI is InChI=1S/C11H19N5O3S/c1-11(13,9(12)19)5-3-4-6-20-10-14-7(17)8(18)15-16(10)2/h3-6,13H2,1-2H3,(H2,12,19)(H,15,18). The number of nitrogens with zero attached hydrogens (tertiary/aromatic N) is 2. The number of carbonyl (C=O) groups is 1. The molecule has 0 spiro atoms. The van der Waals surface area contributed by atoms with Crippen LogP contribution in [0.5, 0.6) is 0 Å². The predicted octanol–water partition coefficient (Wildman–Crippen LogP) is -1.07. The summed E-state index contributed by atoms with van der Waals surface area (Å²) in [6, 6.07) is 0. The lowest BCUT2D eigenvalue weighted by molar-refractivity contribution is -0.122. The Kier molecular flexibility index (Phi) is 5.52. The van der Waals surface area contributed by atoms with Crippen LogP contribution in [0.3, 0.4) is 0 Å². The zero-order valence-electron chi connectivity index (χ0n) is 11.5. The number of nitrogens with one attached hydrogen (secondary N) is 1. The maximum absolute atomic E-state index is 11.1. The normalized spacial score (nSPS) is 13.9. The lowest BCUT2D eigenvalue weighted by Gasteiger charge is -2.19. The van der Waals surface area contributed by atoms with E-state index in [1.165, 1.54) is 16.4 Å². The summed E-state index contributed by atoms with van der Waals surface area (Å²) in [5.41, 5.74) is 8.38. The minimum atomic E-state index is -0.992. The molecule has 1 aromatic heterocycles.